The summed E-state index contributed by atoms with van der Waals surface area (Å²) in [6.45, 7) is 21.4. The Morgan fingerprint density at radius 2 is 1.06 bits per heavy atom. The number of sulfone groups is 2. The summed E-state index contributed by atoms with van der Waals surface area (Å²) in [4.78, 5) is 14.5. The molecule has 7 rings (SSSR count). The van der Waals surface area contributed by atoms with E-state index in [9.17, 15) is 26.7 Å². The van der Waals surface area contributed by atoms with Crippen LogP contribution in [0.2, 0.25) is 0 Å². The van der Waals surface area contributed by atoms with Crippen molar-refractivity contribution in [3.05, 3.63) is 179 Å². The Morgan fingerprint density at radius 1 is 0.621 bits per heavy atom. The summed E-state index contributed by atoms with van der Waals surface area (Å²) < 4.78 is 56.3. The molecular weight excluding hydrogens is 999 g/mol. The van der Waals surface area contributed by atoms with Gasteiger partial charge in [-0.25, -0.2) is 26.0 Å². The van der Waals surface area contributed by atoms with Crippen LogP contribution in [0, 0.1) is 11.8 Å². The Bertz CT molecular complexity index is 2670. The highest BCUT2D eigenvalue weighted by Crippen LogP contribution is 2.39. The number of allylic oxidation sites excluding steroid dienone is 6. The molecule has 5 aromatic rings. The molecule has 2 aromatic heterocycles. The Morgan fingerprint density at radius 3 is 1.48 bits per heavy atom. The van der Waals surface area contributed by atoms with Crippen molar-refractivity contribution in [2.45, 2.75) is 84.2 Å². The Hall–Kier alpha value is -4.79. The average Bonchev–Trinajstić information content (AvgIpc) is 3.64. The molecule has 2 aliphatic rings. The number of carbonyl (C=O) groups excluding carboxylic acids is 1. The fourth-order valence-electron chi connectivity index (χ4n) is 7.27. The van der Waals surface area contributed by atoms with Gasteiger partial charge in [-0.3, -0.25) is 4.79 Å². The fraction of sp³-hybridized carbons (Fsp3) is 0.302. The van der Waals surface area contributed by atoms with Gasteiger partial charge in [0.05, 0.1) is 9.79 Å². The summed E-state index contributed by atoms with van der Waals surface area (Å²) in [6, 6.07) is 29.9. The number of aromatic nitrogens is 2. The molecule has 2 unspecified atom stereocenters. The lowest BCUT2D eigenvalue weighted by atomic mass is 10.0. The number of hydrogen-bond donors (Lipinski definition) is 1. The van der Waals surface area contributed by atoms with Crippen LogP contribution in [0.25, 0.3) is 22.5 Å². The zero-order valence-corrected chi connectivity index (χ0v) is 43.7. The number of rotatable bonds is 14. The van der Waals surface area contributed by atoms with Crippen molar-refractivity contribution in [3.8, 4) is 11.1 Å². The normalized spacial score (nSPS) is 16.0. The number of aliphatic hydroxyl groups excluding tert-OH is 1. The van der Waals surface area contributed by atoms with E-state index in [2.05, 4.69) is 112 Å². The molecule has 0 spiro atoms. The lowest BCUT2D eigenvalue weighted by Crippen LogP contribution is -3.00. The van der Waals surface area contributed by atoms with Gasteiger partial charge >= 0.3 is 0 Å². The fourth-order valence-corrected chi connectivity index (χ4v) is 10.4. The van der Waals surface area contributed by atoms with Gasteiger partial charge in [0.2, 0.25) is 25.5 Å². The minimum atomic E-state index is -3.97. The Balaban J connectivity index is 0.000000320. The summed E-state index contributed by atoms with van der Waals surface area (Å²) in [5.41, 5.74) is 4.03. The molecule has 352 valence electrons. The summed E-state index contributed by atoms with van der Waals surface area (Å²) in [5.74, 6) is 0.508. The SMILES string of the molecule is CCC(C)C[n+]1ccc(-c2cc[n+](CC(C)CC)cc2)cc1.CCN(CC)CC.O=C1C(=CC=C(C=CC2=C(O)c3ccccc3S2(=O)=O)c2ccccc2)S(=O)(=O)c2ccccc21.[Br-].[Br-]. The maximum Gasteiger partial charge on any atom is 0.211 e. The standard InChI is InChI=1S/C27H18O6S2.C20H30N2.C6H15N.2BrH/c28-26-20-10-4-6-12-22(20)34(30,31)24(26)16-14-19(18-8-2-1-3-9-18)15-17-25-27(29)21-11-5-7-13-23(21)35(25,32)33;1-5-17(3)15-21-11-7-19(8-12-21)20-9-13-22(14-10-20)16-18(4)6-2;1-4-7(5-2)6-3;;/h1-17,28H;7-14,17-18H,5-6,15-16H2,1-4H3;4-6H2,1-3H3;2*1H/q;+2;;;/p-2. The quantitative estimate of drug-likeness (QED) is 0.100. The smallest absolute Gasteiger partial charge is 0.211 e. The predicted molar refractivity (Wildman–Crippen MR) is 257 cm³/mol. The van der Waals surface area contributed by atoms with E-state index in [4.69, 9.17) is 0 Å². The molecule has 0 saturated carbocycles. The van der Waals surface area contributed by atoms with E-state index in [-0.39, 0.29) is 70.5 Å². The second-order valence-electron chi connectivity index (χ2n) is 16.1. The van der Waals surface area contributed by atoms with Crippen molar-refractivity contribution in [1.29, 1.82) is 0 Å². The molecule has 0 bridgehead atoms. The molecule has 0 radical (unpaired) electrons. The maximum absolute atomic E-state index is 12.9. The highest BCUT2D eigenvalue weighted by atomic mass is 79.9. The third-order valence-electron chi connectivity index (χ3n) is 11.7. The number of pyridine rings is 2. The molecule has 0 amide bonds. The highest BCUT2D eigenvalue weighted by Gasteiger charge is 2.38. The van der Waals surface area contributed by atoms with Crippen LogP contribution >= 0.6 is 0 Å². The van der Waals surface area contributed by atoms with Gasteiger partial charge < -0.3 is 44.0 Å². The first-order valence-corrected chi connectivity index (χ1v) is 25.2. The van der Waals surface area contributed by atoms with Gasteiger partial charge in [-0.2, -0.15) is 0 Å². The van der Waals surface area contributed by atoms with E-state index >= 15 is 0 Å². The maximum atomic E-state index is 12.9. The number of Topliss-reactive ketones (excluding diaryl/α,β-unsaturated/α-hetero) is 1. The molecule has 0 aliphatic carbocycles. The van der Waals surface area contributed by atoms with Crippen molar-refractivity contribution in [1.82, 2.24) is 4.90 Å². The average molecular weight is 1060 g/mol. The van der Waals surface area contributed by atoms with Gasteiger partial charge in [-0.15, -0.1) is 0 Å². The van der Waals surface area contributed by atoms with Gasteiger partial charge in [-0.1, -0.05) is 115 Å². The lowest BCUT2D eigenvalue weighted by Gasteiger charge is -2.13. The number of hydrogen-bond acceptors (Lipinski definition) is 7. The molecule has 3 aromatic carbocycles. The lowest BCUT2D eigenvalue weighted by molar-refractivity contribution is -0.703. The third-order valence-corrected chi connectivity index (χ3v) is 15.4. The zero-order chi connectivity index (χ0) is 46.4. The zero-order valence-electron chi connectivity index (χ0n) is 38.9. The van der Waals surface area contributed by atoms with Crippen molar-refractivity contribution in [3.63, 3.8) is 0 Å². The first-order chi connectivity index (χ1) is 30.7. The highest BCUT2D eigenvalue weighted by molar-refractivity contribution is 7.97. The van der Waals surface area contributed by atoms with Crippen LogP contribution < -0.4 is 43.1 Å². The monoisotopic (exact) mass is 1060 g/mol. The molecule has 2 aliphatic heterocycles. The van der Waals surface area contributed by atoms with Crippen LogP contribution in [0.1, 0.15) is 82.8 Å². The van der Waals surface area contributed by atoms with Crippen molar-refractivity contribution >= 4 is 36.8 Å². The predicted octanol–water partition coefficient (Wildman–Crippen LogP) is 4.27. The van der Waals surface area contributed by atoms with Gasteiger partial charge in [0.15, 0.2) is 37.9 Å². The molecule has 13 heteroatoms. The number of benzene rings is 3. The first kappa shape index (κ1) is 55.5. The van der Waals surface area contributed by atoms with E-state index in [0.29, 0.717) is 11.1 Å². The number of carbonyl (C=O) groups is 1. The van der Waals surface area contributed by atoms with Gasteiger partial charge in [0.1, 0.15) is 15.6 Å². The molecule has 4 heterocycles. The Labute approximate surface area is 414 Å². The number of aliphatic hydroxyl groups is 1. The molecule has 0 saturated heterocycles. The number of halogens is 2. The van der Waals surface area contributed by atoms with Gasteiger partial charge in [-0.05, 0) is 91.2 Å². The topological polar surface area (TPSA) is 117 Å². The van der Waals surface area contributed by atoms with Crippen LogP contribution in [0.4, 0.5) is 0 Å². The van der Waals surface area contributed by atoms with E-state index in [1.54, 1.807) is 54.6 Å². The molecular formula is C53H63Br2N3O6S2. The minimum Gasteiger partial charge on any atom is -1.00 e. The van der Waals surface area contributed by atoms with Gasteiger partial charge in [0.25, 0.3) is 0 Å². The summed E-state index contributed by atoms with van der Waals surface area (Å²) in [6.07, 6.45) is 16.7. The number of nitrogens with zero attached hydrogens (tertiary/aromatic N) is 3. The van der Waals surface area contributed by atoms with E-state index in [1.165, 1.54) is 92.2 Å². The van der Waals surface area contributed by atoms with E-state index in [0.717, 1.165) is 24.9 Å². The Kier molecular flexibility index (Phi) is 21.8. The number of fused-ring (bicyclic) bond motifs is 2. The molecule has 2 atom stereocenters. The second-order valence-corrected chi connectivity index (χ2v) is 19.9. The molecule has 0 fully saturated rings. The third kappa shape index (κ3) is 13.7. The second kappa shape index (κ2) is 25.9. The largest absolute Gasteiger partial charge is 1.00 e. The van der Waals surface area contributed by atoms with Crippen LogP contribution in [-0.4, -0.2) is 52.3 Å². The summed E-state index contributed by atoms with van der Waals surface area (Å²) >= 11 is 0. The van der Waals surface area contributed by atoms with Crippen molar-refractivity contribution < 1.29 is 69.8 Å². The van der Waals surface area contributed by atoms with Gasteiger partial charge in [0, 0.05) is 47.2 Å². The molecule has 1 N–H and O–H groups in total. The molecule has 66 heavy (non-hydrogen) atoms. The number of ketones is 1. The van der Waals surface area contributed by atoms with Crippen molar-refractivity contribution in [2.75, 3.05) is 19.6 Å². The molecule has 9 nitrogen and oxygen atoms in total. The van der Waals surface area contributed by atoms with E-state index in [1.807, 2.05) is 0 Å². The van der Waals surface area contributed by atoms with Crippen molar-refractivity contribution in [2.24, 2.45) is 11.8 Å². The van der Waals surface area contributed by atoms with Crippen LogP contribution in [-0.2, 0) is 32.8 Å². The summed E-state index contributed by atoms with van der Waals surface area (Å²) in [7, 11) is -7.89. The van der Waals surface area contributed by atoms with E-state index < -0.39 is 25.5 Å². The summed E-state index contributed by atoms with van der Waals surface area (Å²) in [5, 5.41) is 10.6. The minimum absolute atomic E-state index is 0. The van der Waals surface area contributed by atoms with Crippen LogP contribution in [0.3, 0.4) is 0 Å². The van der Waals surface area contributed by atoms with Crippen LogP contribution in [0.5, 0.6) is 0 Å². The van der Waals surface area contributed by atoms with Crippen LogP contribution in [0.15, 0.2) is 172 Å². The first-order valence-electron chi connectivity index (χ1n) is 22.2.